The number of nitrogens with one attached hydrogen (secondary N) is 1. The number of hydrogen-bond donors (Lipinski definition) is 1. The summed E-state index contributed by atoms with van der Waals surface area (Å²) in [5.41, 5.74) is 2.57. The van der Waals surface area contributed by atoms with Gasteiger partial charge in [-0.15, -0.1) is 11.3 Å². The summed E-state index contributed by atoms with van der Waals surface area (Å²) in [6.45, 7) is 5.48. The van der Waals surface area contributed by atoms with Crippen LogP contribution in [0.5, 0.6) is 0 Å². The first-order chi connectivity index (χ1) is 9.31. The molecular weight excluding hydrogens is 252 g/mol. The SMILES string of the molecule is Cc1ccc(CNc2cccc(N3CCCC3)c2)s1. The Hall–Kier alpha value is -1.48. The molecular formula is C16H20N2S. The highest BCUT2D eigenvalue weighted by Gasteiger charge is 2.12. The van der Waals surface area contributed by atoms with Crippen LogP contribution in [0.1, 0.15) is 22.6 Å². The van der Waals surface area contributed by atoms with Crippen molar-refractivity contribution < 1.29 is 0 Å². The maximum atomic E-state index is 3.52. The quantitative estimate of drug-likeness (QED) is 0.894. The van der Waals surface area contributed by atoms with Crippen LogP contribution >= 0.6 is 11.3 Å². The molecule has 0 saturated carbocycles. The van der Waals surface area contributed by atoms with Crippen molar-refractivity contribution in [1.82, 2.24) is 0 Å². The first-order valence-corrected chi connectivity index (χ1v) is 7.77. The molecule has 0 amide bonds. The molecule has 0 unspecified atom stereocenters. The third-order valence-electron chi connectivity index (χ3n) is 3.58. The minimum atomic E-state index is 0.919. The summed E-state index contributed by atoms with van der Waals surface area (Å²) < 4.78 is 0. The van der Waals surface area contributed by atoms with Crippen molar-refractivity contribution in [1.29, 1.82) is 0 Å². The lowest BCUT2D eigenvalue weighted by Crippen LogP contribution is -2.17. The van der Waals surface area contributed by atoms with Gasteiger partial charge in [0.05, 0.1) is 0 Å². The van der Waals surface area contributed by atoms with E-state index in [2.05, 4.69) is 53.5 Å². The molecule has 3 heteroatoms. The first kappa shape index (κ1) is 12.5. The van der Waals surface area contributed by atoms with Crippen LogP contribution in [0.3, 0.4) is 0 Å². The Kier molecular flexibility index (Phi) is 3.74. The lowest BCUT2D eigenvalue weighted by molar-refractivity contribution is 0.949. The van der Waals surface area contributed by atoms with Crippen LogP contribution in [0.25, 0.3) is 0 Å². The minimum Gasteiger partial charge on any atom is -0.380 e. The molecule has 0 radical (unpaired) electrons. The van der Waals surface area contributed by atoms with Gasteiger partial charge in [0, 0.05) is 40.8 Å². The molecule has 1 aliphatic rings. The van der Waals surface area contributed by atoms with Gasteiger partial charge in [-0.2, -0.15) is 0 Å². The van der Waals surface area contributed by atoms with Gasteiger partial charge in [-0.1, -0.05) is 6.07 Å². The maximum Gasteiger partial charge on any atom is 0.0494 e. The summed E-state index contributed by atoms with van der Waals surface area (Å²) in [7, 11) is 0. The second-order valence-electron chi connectivity index (χ2n) is 5.11. The minimum absolute atomic E-state index is 0.919. The Morgan fingerprint density at radius 3 is 2.74 bits per heavy atom. The highest BCUT2D eigenvalue weighted by atomic mass is 32.1. The summed E-state index contributed by atoms with van der Waals surface area (Å²) >= 11 is 1.86. The summed E-state index contributed by atoms with van der Waals surface area (Å²) in [6, 6.07) is 13.2. The van der Waals surface area contributed by atoms with Crippen molar-refractivity contribution in [2.75, 3.05) is 23.3 Å². The fourth-order valence-electron chi connectivity index (χ4n) is 2.56. The number of rotatable bonds is 4. The van der Waals surface area contributed by atoms with Gasteiger partial charge >= 0.3 is 0 Å². The molecule has 3 rings (SSSR count). The average Bonchev–Trinajstić information content (AvgIpc) is 3.08. The maximum absolute atomic E-state index is 3.52. The molecule has 1 aromatic heterocycles. The normalized spacial score (nSPS) is 14.9. The van der Waals surface area contributed by atoms with Gasteiger partial charge in [-0.25, -0.2) is 0 Å². The zero-order chi connectivity index (χ0) is 13.1. The largest absolute Gasteiger partial charge is 0.380 e. The van der Waals surface area contributed by atoms with Crippen molar-refractivity contribution in [3.8, 4) is 0 Å². The van der Waals surface area contributed by atoms with Gasteiger partial charge in [0.1, 0.15) is 0 Å². The Morgan fingerprint density at radius 1 is 1.16 bits per heavy atom. The van der Waals surface area contributed by atoms with Crippen LogP contribution in [0.2, 0.25) is 0 Å². The number of benzene rings is 1. The highest BCUT2D eigenvalue weighted by Crippen LogP contribution is 2.24. The Bertz CT molecular complexity index is 541. The van der Waals surface area contributed by atoms with E-state index in [1.54, 1.807) is 0 Å². The molecule has 1 aromatic carbocycles. The van der Waals surface area contributed by atoms with E-state index in [9.17, 15) is 0 Å². The topological polar surface area (TPSA) is 15.3 Å². The fraction of sp³-hybridized carbons (Fsp3) is 0.375. The predicted octanol–water partition coefficient (Wildman–Crippen LogP) is 4.27. The number of hydrogen-bond acceptors (Lipinski definition) is 3. The van der Waals surface area contributed by atoms with E-state index in [1.807, 2.05) is 11.3 Å². The summed E-state index contributed by atoms with van der Waals surface area (Å²) in [5.74, 6) is 0. The Balaban J connectivity index is 1.65. The fourth-order valence-corrected chi connectivity index (χ4v) is 3.39. The van der Waals surface area contributed by atoms with E-state index in [-0.39, 0.29) is 0 Å². The Morgan fingerprint density at radius 2 is 2.00 bits per heavy atom. The standard InChI is InChI=1S/C16H20N2S/c1-13-7-8-16(19-13)12-17-14-5-4-6-15(11-14)18-9-2-3-10-18/h4-8,11,17H,2-3,9-10,12H2,1H3. The molecule has 100 valence electrons. The van der Waals surface area contributed by atoms with E-state index in [0.717, 1.165) is 6.54 Å². The summed E-state index contributed by atoms with van der Waals surface area (Å²) in [5, 5.41) is 3.52. The van der Waals surface area contributed by atoms with Crippen molar-refractivity contribution in [2.45, 2.75) is 26.3 Å². The molecule has 1 aliphatic heterocycles. The Labute approximate surface area is 119 Å². The van der Waals surface area contributed by atoms with Gasteiger partial charge in [0.15, 0.2) is 0 Å². The van der Waals surface area contributed by atoms with E-state index in [4.69, 9.17) is 0 Å². The second kappa shape index (κ2) is 5.66. The number of anilines is 2. The molecule has 2 heterocycles. The molecule has 19 heavy (non-hydrogen) atoms. The molecule has 0 bridgehead atoms. The average molecular weight is 272 g/mol. The predicted molar refractivity (Wildman–Crippen MR) is 84.3 cm³/mol. The lowest BCUT2D eigenvalue weighted by atomic mass is 10.2. The summed E-state index contributed by atoms with van der Waals surface area (Å²) in [4.78, 5) is 5.24. The lowest BCUT2D eigenvalue weighted by Gasteiger charge is -2.18. The zero-order valence-electron chi connectivity index (χ0n) is 11.4. The zero-order valence-corrected chi connectivity index (χ0v) is 12.2. The molecule has 1 N–H and O–H groups in total. The van der Waals surface area contributed by atoms with Crippen LogP contribution in [0, 0.1) is 6.92 Å². The van der Waals surface area contributed by atoms with Crippen molar-refractivity contribution in [2.24, 2.45) is 0 Å². The molecule has 1 fully saturated rings. The van der Waals surface area contributed by atoms with E-state index in [1.165, 1.54) is 47.1 Å². The van der Waals surface area contributed by atoms with Crippen LogP contribution in [-0.2, 0) is 6.54 Å². The van der Waals surface area contributed by atoms with Crippen molar-refractivity contribution in [3.05, 3.63) is 46.2 Å². The smallest absolute Gasteiger partial charge is 0.0494 e. The van der Waals surface area contributed by atoms with Gasteiger partial charge < -0.3 is 10.2 Å². The molecule has 2 aromatic rings. The molecule has 0 spiro atoms. The third kappa shape index (κ3) is 3.10. The van der Waals surface area contributed by atoms with Crippen LogP contribution < -0.4 is 10.2 Å². The first-order valence-electron chi connectivity index (χ1n) is 6.95. The number of nitrogens with zero attached hydrogens (tertiary/aromatic N) is 1. The van der Waals surface area contributed by atoms with Crippen molar-refractivity contribution in [3.63, 3.8) is 0 Å². The van der Waals surface area contributed by atoms with Gasteiger partial charge in [-0.05, 0) is 50.1 Å². The van der Waals surface area contributed by atoms with Crippen LogP contribution in [-0.4, -0.2) is 13.1 Å². The molecule has 0 atom stereocenters. The van der Waals surface area contributed by atoms with E-state index < -0.39 is 0 Å². The number of aryl methyl sites for hydroxylation is 1. The molecule has 0 aliphatic carbocycles. The van der Waals surface area contributed by atoms with Gasteiger partial charge in [-0.3, -0.25) is 0 Å². The van der Waals surface area contributed by atoms with Crippen LogP contribution in [0.4, 0.5) is 11.4 Å². The van der Waals surface area contributed by atoms with Crippen LogP contribution in [0.15, 0.2) is 36.4 Å². The molecule has 2 nitrogen and oxygen atoms in total. The monoisotopic (exact) mass is 272 g/mol. The third-order valence-corrected chi connectivity index (χ3v) is 4.58. The van der Waals surface area contributed by atoms with Gasteiger partial charge in [0.25, 0.3) is 0 Å². The van der Waals surface area contributed by atoms with E-state index in [0.29, 0.717) is 0 Å². The number of thiophene rings is 1. The summed E-state index contributed by atoms with van der Waals surface area (Å²) in [6.07, 6.45) is 2.65. The second-order valence-corrected chi connectivity index (χ2v) is 6.48. The van der Waals surface area contributed by atoms with E-state index >= 15 is 0 Å². The van der Waals surface area contributed by atoms with Gasteiger partial charge in [0.2, 0.25) is 0 Å². The highest BCUT2D eigenvalue weighted by molar-refractivity contribution is 7.11. The van der Waals surface area contributed by atoms with Crippen molar-refractivity contribution >= 4 is 22.7 Å². The molecule has 1 saturated heterocycles.